The Bertz CT molecular complexity index is 449. The molecule has 1 aromatic rings. The van der Waals surface area contributed by atoms with Crippen LogP contribution < -0.4 is 5.84 Å². The Morgan fingerprint density at radius 2 is 1.82 bits per heavy atom. The molecule has 0 unspecified atom stereocenters. The summed E-state index contributed by atoms with van der Waals surface area (Å²) in [6, 6.07) is 3.74. The van der Waals surface area contributed by atoms with Crippen molar-refractivity contribution >= 4 is 21.8 Å². The van der Waals surface area contributed by atoms with Crippen LogP contribution in [0.1, 0.15) is 42.3 Å². The number of hydrogen-bond donors (Lipinski definition) is 1. The maximum atomic E-state index is 12.2. The number of rotatable bonds is 1. The van der Waals surface area contributed by atoms with Gasteiger partial charge in [0, 0.05) is 4.47 Å². The van der Waals surface area contributed by atoms with E-state index in [1.807, 2.05) is 40.7 Å². The van der Waals surface area contributed by atoms with Gasteiger partial charge < -0.3 is 0 Å². The van der Waals surface area contributed by atoms with Crippen LogP contribution in [-0.4, -0.2) is 16.5 Å². The molecule has 0 atom stereocenters. The zero-order valence-electron chi connectivity index (χ0n) is 11.0. The van der Waals surface area contributed by atoms with E-state index in [1.54, 1.807) is 6.07 Å². The third-order valence-electron chi connectivity index (χ3n) is 2.83. The average Bonchev–Trinajstić information content (AvgIpc) is 2.23. The highest BCUT2D eigenvalue weighted by atomic mass is 79.9. The summed E-state index contributed by atoms with van der Waals surface area (Å²) in [7, 11) is 0. The molecule has 1 aromatic carbocycles. The fraction of sp³-hybridized carbons (Fsp3) is 0.462. The first-order valence-electron chi connectivity index (χ1n) is 5.51. The normalized spacial score (nSPS) is 11.5. The highest BCUT2D eigenvalue weighted by Crippen LogP contribution is 2.26. The van der Waals surface area contributed by atoms with Gasteiger partial charge in [-0.15, -0.1) is 0 Å². The lowest BCUT2D eigenvalue weighted by atomic mass is 10.0. The Hall–Kier alpha value is -0.870. The van der Waals surface area contributed by atoms with E-state index in [4.69, 9.17) is 5.84 Å². The van der Waals surface area contributed by atoms with E-state index in [0.29, 0.717) is 5.56 Å². The van der Waals surface area contributed by atoms with Gasteiger partial charge in [0.05, 0.1) is 11.1 Å². The number of benzene rings is 1. The van der Waals surface area contributed by atoms with Crippen molar-refractivity contribution in [2.45, 2.75) is 40.2 Å². The molecule has 0 aliphatic carbocycles. The van der Waals surface area contributed by atoms with E-state index in [2.05, 4.69) is 15.9 Å². The van der Waals surface area contributed by atoms with E-state index in [-0.39, 0.29) is 5.91 Å². The van der Waals surface area contributed by atoms with Crippen LogP contribution in [-0.2, 0) is 0 Å². The second kappa shape index (κ2) is 4.78. The van der Waals surface area contributed by atoms with Crippen molar-refractivity contribution in [2.75, 3.05) is 0 Å². The van der Waals surface area contributed by atoms with Gasteiger partial charge in [0.25, 0.3) is 5.91 Å². The number of hydrogen-bond acceptors (Lipinski definition) is 2. The summed E-state index contributed by atoms with van der Waals surface area (Å²) in [6.45, 7) is 9.70. The molecule has 0 heterocycles. The molecule has 0 aliphatic rings. The van der Waals surface area contributed by atoms with Gasteiger partial charge in [0.2, 0.25) is 0 Å². The molecule has 1 rings (SSSR count). The summed E-state index contributed by atoms with van der Waals surface area (Å²) in [5.74, 6) is 5.67. The second-order valence-corrected chi connectivity index (χ2v) is 6.01. The third-order valence-corrected chi connectivity index (χ3v) is 3.85. The average molecular weight is 299 g/mol. The summed E-state index contributed by atoms with van der Waals surface area (Å²) < 4.78 is 0.821. The number of halogens is 1. The number of nitrogens with zero attached hydrogens (tertiary/aromatic N) is 1. The first-order chi connectivity index (χ1) is 7.66. The van der Waals surface area contributed by atoms with E-state index in [0.717, 1.165) is 15.6 Å². The molecule has 2 N–H and O–H groups in total. The predicted octanol–water partition coefficient (Wildman–Crippen LogP) is 3.18. The Labute approximate surface area is 111 Å². The zero-order valence-corrected chi connectivity index (χ0v) is 12.6. The highest BCUT2D eigenvalue weighted by molar-refractivity contribution is 9.10. The predicted molar refractivity (Wildman–Crippen MR) is 73.7 cm³/mol. The zero-order chi connectivity index (χ0) is 13.4. The summed E-state index contributed by atoms with van der Waals surface area (Å²) >= 11 is 3.46. The molecular formula is C13H19BrN2O. The Kier molecular flexibility index (Phi) is 3.99. The van der Waals surface area contributed by atoms with Crippen LogP contribution in [0.4, 0.5) is 0 Å². The van der Waals surface area contributed by atoms with Crippen LogP contribution in [0.5, 0.6) is 0 Å². The minimum atomic E-state index is -0.394. The van der Waals surface area contributed by atoms with Gasteiger partial charge in [0.1, 0.15) is 0 Å². The molecule has 0 aromatic heterocycles. The Balaban J connectivity index is 3.19. The number of carbonyl (C=O) groups excluding carboxylic acids is 1. The molecular weight excluding hydrogens is 280 g/mol. The van der Waals surface area contributed by atoms with Crippen molar-refractivity contribution < 1.29 is 4.79 Å². The van der Waals surface area contributed by atoms with E-state index in [9.17, 15) is 4.79 Å². The van der Waals surface area contributed by atoms with Crippen LogP contribution in [0, 0.1) is 13.8 Å². The van der Waals surface area contributed by atoms with Crippen LogP contribution in [0.25, 0.3) is 0 Å². The van der Waals surface area contributed by atoms with Crippen molar-refractivity contribution in [1.29, 1.82) is 0 Å². The third kappa shape index (κ3) is 2.87. The molecule has 4 heteroatoms. The highest BCUT2D eigenvalue weighted by Gasteiger charge is 2.26. The molecule has 0 bridgehead atoms. The molecule has 0 saturated carbocycles. The molecule has 3 nitrogen and oxygen atoms in total. The minimum absolute atomic E-state index is 0.174. The van der Waals surface area contributed by atoms with Gasteiger partial charge in [-0.2, -0.15) is 0 Å². The first-order valence-corrected chi connectivity index (χ1v) is 6.30. The van der Waals surface area contributed by atoms with Crippen molar-refractivity contribution in [3.05, 3.63) is 33.3 Å². The molecule has 0 saturated heterocycles. The lowest BCUT2D eigenvalue weighted by Gasteiger charge is -2.31. The fourth-order valence-electron chi connectivity index (χ4n) is 1.38. The molecule has 0 radical (unpaired) electrons. The van der Waals surface area contributed by atoms with Crippen molar-refractivity contribution in [3.63, 3.8) is 0 Å². The molecule has 17 heavy (non-hydrogen) atoms. The quantitative estimate of drug-likeness (QED) is 0.492. The standard InChI is InChI=1S/C13H19BrN2O/c1-8-6-7-10(11(14)9(8)2)12(17)16(15)13(3,4)5/h6-7H,15H2,1-5H3. The van der Waals surface area contributed by atoms with Gasteiger partial charge in [0.15, 0.2) is 0 Å². The Morgan fingerprint density at radius 1 is 1.29 bits per heavy atom. The maximum Gasteiger partial charge on any atom is 0.269 e. The van der Waals surface area contributed by atoms with Crippen molar-refractivity contribution in [3.8, 4) is 0 Å². The summed E-state index contributed by atoms with van der Waals surface area (Å²) in [5.41, 5.74) is 2.42. The number of nitrogens with two attached hydrogens (primary N) is 1. The van der Waals surface area contributed by atoms with Crippen LogP contribution >= 0.6 is 15.9 Å². The number of hydrazine groups is 1. The smallest absolute Gasteiger partial charge is 0.269 e. The van der Waals surface area contributed by atoms with Crippen molar-refractivity contribution in [2.24, 2.45) is 5.84 Å². The first kappa shape index (κ1) is 14.2. The monoisotopic (exact) mass is 298 g/mol. The van der Waals surface area contributed by atoms with Crippen LogP contribution in [0.3, 0.4) is 0 Å². The van der Waals surface area contributed by atoms with Crippen molar-refractivity contribution in [1.82, 2.24) is 5.01 Å². The topological polar surface area (TPSA) is 46.3 Å². The lowest BCUT2D eigenvalue weighted by Crippen LogP contribution is -2.50. The fourth-order valence-corrected chi connectivity index (χ4v) is 2.00. The second-order valence-electron chi connectivity index (χ2n) is 5.21. The van der Waals surface area contributed by atoms with Gasteiger partial charge >= 0.3 is 0 Å². The lowest BCUT2D eigenvalue weighted by molar-refractivity contribution is 0.0581. The van der Waals surface area contributed by atoms with Gasteiger partial charge in [-0.05, 0) is 67.7 Å². The number of aryl methyl sites for hydroxylation is 1. The minimum Gasteiger partial charge on any atom is -0.271 e. The Morgan fingerprint density at radius 3 is 2.29 bits per heavy atom. The summed E-state index contributed by atoms with van der Waals surface area (Å²) in [6.07, 6.45) is 0. The number of amides is 1. The largest absolute Gasteiger partial charge is 0.271 e. The number of carbonyl (C=O) groups is 1. The van der Waals surface area contributed by atoms with E-state index < -0.39 is 5.54 Å². The maximum absolute atomic E-state index is 12.2. The van der Waals surface area contributed by atoms with E-state index >= 15 is 0 Å². The van der Waals surface area contributed by atoms with E-state index in [1.165, 1.54) is 5.01 Å². The molecule has 1 amide bonds. The summed E-state index contributed by atoms with van der Waals surface area (Å²) in [4.78, 5) is 12.2. The molecule has 94 valence electrons. The van der Waals surface area contributed by atoms with Gasteiger partial charge in [-0.25, -0.2) is 5.84 Å². The van der Waals surface area contributed by atoms with Crippen LogP contribution in [0.15, 0.2) is 16.6 Å². The van der Waals surface area contributed by atoms with Crippen LogP contribution in [0.2, 0.25) is 0 Å². The van der Waals surface area contributed by atoms with Gasteiger partial charge in [-0.3, -0.25) is 9.80 Å². The SMILES string of the molecule is Cc1ccc(C(=O)N(N)C(C)(C)C)c(Br)c1C. The van der Waals surface area contributed by atoms with Gasteiger partial charge in [-0.1, -0.05) is 6.07 Å². The molecule has 0 fully saturated rings. The summed E-state index contributed by atoms with van der Waals surface area (Å²) in [5, 5.41) is 1.27. The molecule has 0 aliphatic heterocycles. The molecule has 0 spiro atoms.